The fourth-order valence-electron chi connectivity index (χ4n) is 1.01. The number of halogens is 4. The van der Waals surface area contributed by atoms with Crippen molar-refractivity contribution in [3.8, 4) is 5.75 Å². The van der Waals surface area contributed by atoms with Crippen LogP contribution in [0.15, 0.2) is 6.20 Å². The number of rotatable bonds is 2. The number of ether oxygens (including phenoxy) is 1. The molecule has 0 spiro atoms. The van der Waals surface area contributed by atoms with Gasteiger partial charge in [-0.05, 0) is 6.92 Å². The van der Waals surface area contributed by atoms with E-state index < -0.39 is 6.36 Å². The Morgan fingerprint density at radius 3 is 2.60 bits per heavy atom. The lowest BCUT2D eigenvalue weighted by molar-refractivity contribution is -0.275. The summed E-state index contributed by atoms with van der Waals surface area (Å²) in [6, 6.07) is 0. The summed E-state index contributed by atoms with van der Waals surface area (Å²) in [5.41, 5.74) is 5.88. The third-order valence-corrected chi connectivity index (χ3v) is 2.34. The number of aromatic nitrogens is 1. The number of anilines is 1. The zero-order valence-corrected chi connectivity index (χ0v) is 9.32. The van der Waals surface area contributed by atoms with E-state index in [9.17, 15) is 13.2 Å². The van der Waals surface area contributed by atoms with Gasteiger partial charge in [0.05, 0.1) is 0 Å². The van der Waals surface area contributed by atoms with E-state index in [4.69, 9.17) is 5.73 Å². The van der Waals surface area contributed by atoms with E-state index in [0.29, 0.717) is 5.56 Å². The Kier molecular flexibility index (Phi) is 3.43. The molecule has 0 amide bonds. The van der Waals surface area contributed by atoms with Crippen LogP contribution in [-0.2, 0) is 5.33 Å². The molecule has 0 saturated heterocycles. The fourth-order valence-corrected chi connectivity index (χ4v) is 1.41. The lowest BCUT2D eigenvalue weighted by Crippen LogP contribution is -2.19. The summed E-state index contributed by atoms with van der Waals surface area (Å²) in [7, 11) is 0. The second-order valence-corrected chi connectivity index (χ2v) is 3.36. The SMILES string of the molecule is Cc1c(N)ncc(CBr)c1OC(F)(F)F. The van der Waals surface area contributed by atoms with E-state index in [1.54, 1.807) is 0 Å². The van der Waals surface area contributed by atoms with Gasteiger partial charge in [-0.1, -0.05) is 15.9 Å². The first kappa shape index (κ1) is 12.1. The predicted octanol–water partition coefficient (Wildman–Crippen LogP) is 2.77. The first-order valence-electron chi connectivity index (χ1n) is 3.91. The van der Waals surface area contributed by atoms with Crippen molar-refractivity contribution in [2.45, 2.75) is 18.6 Å². The summed E-state index contributed by atoms with van der Waals surface area (Å²) in [6.45, 7) is 1.43. The maximum Gasteiger partial charge on any atom is 0.573 e. The zero-order valence-electron chi connectivity index (χ0n) is 7.73. The Morgan fingerprint density at radius 1 is 1.53 bits per heavy atom. The van der Waals surface area contributed by atoms with Gasteiger partial charge >= 0.3 is 6.36 Å². The second kappa shape index (κ2) is 4.26. The number of alkyl halides is 4. The van der Waals surface area contributed by atoms with Crippen molar-refractivity contribution in [3.63, 3.8) is 0 Å². The third-order valence-electron chi connectivity index (χ3n) is 1.74. The molecule has 7 heteroatoms. The number of nitrogens with zero attached hydrogens (tertiary/aromatic N) is 1. The second-order valence-electron chi connectivity index (χ2n) is 2.80. The Hall–Kier alpha value is -0.980. The van der Waals surface area contributed by atoms with Gasteiger partial charge in [0.2, 0.25) is 0 Å². The molecule has 0 fully saturated rings. The number of hydrogen-bond acceptors (Lipinski definition) is 3. The molecule has 0 aromatic carbocycles. The van der Waals surface area contributed by atoms with Crippen molar-refractivity contribution in [1.82, 2.24) is 4.98 Å². The van der Waals surface area contributed by atoms with Gasteiger partial charge in [0.1, 0.15) is 11.6 Å². The van der Waals surface area contributed by atoms with Gasteiger partial charge in [-0.15, -0.1) is 13.2 Å². The van der Waals surface area contributed by atoms with Crippen LogP contribution in [-0.4, -0.2) is 11.3 Å². The number of nitrogens with two attached hydrogens (primary N) is 1. The van der Waals surface area contributed by atoms with Crippen molar-refractivity contribution < 1.29 is 17.9 Å². The highest BCUT2D eigenvalue weighted by atomic mass is 79.9. The van der Waals surface area contributed by atoms with Crippen LogP contribution in [0.2, 0.25) is 0 Å². The molecule has 2 N–H and O–H groups in total. The Balaban J connectivity index is 3.18. The van der Waals surface area contributed by atoms with Crippen molar-refractivity contribution in [1.29, 1.82) is 0 Å². The maximum atomic E-state index is 12.1. The lowest BCUT2D eigenvalue weighted by atomic mass is 10.2. The highest BCUT2D eigenvalue weighted by Gasteiger charge is 2.33. The molecule has 0 aliphatic rings. The smallest absolute Gasteiger partial charge is 0.405 e. The van der Waals surface area contributed by atoms with Gasteiger partial charge in [0.15, 0.2) is 0 Å². The van der Waals surface area contributed by atoms with Crippen molar-refractivity contribution >= 4 is 21.7 Å². The average Bonchev–Trinajstić information content (AvgIpc) is 2.11. The van der Waals surface area contributed by atoms with Crippen molar-refractivity contribution in [2.75, 3.05) is 5.73 Å². The molecule has 0 aliphatic carbocycles. The molecule has 84 valence electrons. The molecule has 0 unspecified atom stereocenters. The molecule has 1 heterocycles. The number of nitrogen functional groups attached to an aromatic ring is 1. The summed E-state index contributed by atoms with van der Waals surface area (Å²) in [4.78, 5) is 3.74. The van der Waals surface area contributed by atoms with Crippen LogP contribution in [0.3, 0.4) is 0 Å². The largest absolute Gasteiger partial charge is 0.573 e. The van der Waals surface area contributed by atoms with Crippen molar-refractivity contribution in [3.05, 3.63) is 17.3 Å². The van der Waals surface area contributed by atoms with Crippen molar-refractivity contribution in [2.24, 2.45) is 0 Å². The van der Waals surface area contributed by atoms with Gasteiger partial charge in [0.25, 0.3) is 0 Å². The first-order chi connectivity index (χ1) is 6.85. The molecule has 0 radical (unpaired) electrons. The minimum Gasteiger partial charge on any atom is -0.405 e. The fraction of sp³-hybridized carbons (Fsp3) is 0.375. The van der Waals surface area contributed by atoms with Crippen LogP contribution in [0.4, 0.5) is 19.0 Å². The summed E-state index contributed by atoms with van der Waals surface area (Å²) >= 11 is 3.05. The molecule has 1 rings (SSSR count). The Labute approximate surface area is 92.6 Å². The Morgan fingerprint density at radius 2 is 2.13 bits per heavy atom. The summed E-state index contributed by atoms with van der Waals surface area (Å²) in [5.74, 6) is -0.258. The number of pyridine rings is 1. The van der Waals surface area contributed by atoms with Crippen LogP contribution >= 0.6 is 15.9 Å². The molecular weight excluding hydrogens is 277 g/mol. The minimum atomic E-state index is -4.73. The normalized spacial score (nSPS) is 11.5. The zero-order chi connectivity index (χ0) is 11.6. The summed E-state index contributed by atoms with van der Waals surface area (Å²) < 4.78 is 40.1. The Bertz CT molecular complexity index is 368. The van der Waals surface area contributed by atoms with Crippen LogP contribution in [0.1, 0.15) is 11.1 Å². The molecule has 1 aromatic rings. The highest BCUT2D eigenvalue weighted by Crippen LogP contribution is 2.32. The monoisotopic (exact) mass is 284 g/mol. The van der Waals surface area contributed by atoms with Gasteiger partial charge in [-0.3, -0.25) is 0 Å². The van der Waals surface area contributed by atoms with E-state index in [2.05, 4.69) is 25.7 Å². The van der Waals surface area contributed by atoms with E-state index in [1.807, 2.05) is 0 Å². The van der Waals surface area contributed by atoms with Gasteiger partial charge in [-0.2, -0.15) is 0 Å². The summed E-state index contributed by atoms with van der Waals surface area (Å²) in [5, 5.41) is 0.215. The van der Waals surface area contributed by atoms with Crippen LogP contribution in [0.25, 0.3) is 0 Å². The quantitative estimate of drug-likeness (QED) is 0.850. The van der Waals surface area contributed by atoms with E-state index in [1.165, 1.54) is 13.1 Å². The first-order valence-corrected chi connectivity index (χ1v) is 5.03. The number of hydrogen-bond donors (Lipinski definition) is 1. The predicted molar refractivity (Wildman–Crippen MR) is 52.7 cm³/mol. The van der Waals surface area contributed by atoms with E-state index in [-0.39, 0.29) is 22.5 Å². The highest BCUT2D eigenvalue weighted by molar-refractivity contribution is 9.08. The standard InChI is InChI=1S/C8H8BrF3N2O/c1-4-6(15-8(10,11)12)5(2-9)3-14-7(4)13/h3H,2H2,1H3,(H2,13,14). The third kappa shape index (κ3) is 2.98. The van der Waals surface area contributed by atoms with Gasteiger partial charge < -0.3 is 10.5 Å². The van der Waals surface area contributed by atoms with E-state index in [0.717, 1.165) is 0 Å². The van der Waals surface area contributed by atoms with E-state index >= 15 is 0 Å². The molecular formula is C8H8BrF3N2O. The lowest BCUT2D eigenvalue weighted by Gasteiger charge is -2.15. The van der Waals surface area contributed by atoms with Crippen LogP contribution < -0.4 is 10.5 Å². The van der Waals surface area contributed by atoms with Crippen LogP contribution in [0, 0.1) is 6.92 Å². The molecule has 15 heavy (non-hydrogen) atoms. The van der Waals surface area contributed by atoms with Gasteiger partial charge in [0, 0.05) is 22.7 Å². The maximum absolute atomic E-state index is 12.1. The summed E-state index contributed by atoms with van der Waals surface area (Å²) in [6.07, 6.45) is -3.48. The molecule has 0 bridgehead atoms. The van der Waals surface area contributed by atoms with Crippen LogP contribution in [0.5, 0.6) is 5.75 Å². The topological polar surface area (TPSA) is 48.1 Å². The molecule has 0 atom stereocenters. The molecule has 0 saturated carbocycles. The molecule has 0 aliphatic heterocycles. The minimum absolute atomic E-state index is 0.0268. The van der Waals surface area contributed by atoms with Gasteiger partial charge in [-0.25, -0.2) is 4.98 Å². The molecule has 3 nitrogen and oxygen atoms in total. The average molecular weight is 285 g/mol. The molecule has 1 aromatic heterocycles.